The standard InChI is InChI=1S/C66H46N4/c1-41-10-5-15-46(28-41)51-20-24-61-56(33-51)57-34-52(47-16-6-11-42(2)29-47)21-25-62(57)69(61)65-37-55(50-19-9-14-45(32-50)39-67)38-66(60(65)40-68)70-63-26-22-53(48-17-7-12-43(3)30-48)35-58(63)59-36-54(23-27-64(59)70)49-18-8-13-44(4)31-49/h5-38H,1-4H3. The molecule has 0 radical (unpaired) electrons. The largest absolute Gasteiger partial charge is 0.308 e. The van der Waals surface area contributed by atoms with E-state index in [-0.39, 0.29) is 0 Å². The molecule has 0 unspecified atom stereocenters. The smallest absolute Gasteiger partial charge is 0.104 e. The van der Waals surface area contributed by atoms with Crippen molar-refractivity contribution in [3.8, 4) is 79.1 Å². The van der Waals surface area contributed by atoms with Gasteiger partial charge in [-0.2, -0.15) is 10.5 Å². The molecule has 0 saturated heterocycles. The summed E-state index contributed by atoms with van der Waals surface area (Å²) in [6, 6.07) is 78.7. The third kappa shape index (κ3) is 7.23. The molecule has 0 aliphatic rings. The first-order chi connectivity index (χ1) is 34.2. The van der Waals surface area contributed by atoms with E-state index in [4.69, 9.17) is 0 Å². The predicted molar refractivity (Wildman–Crippen MR) is 291 cm³/mol. The van der Waals surface area contributed by atoms with Gasteiger partial charge in [0.2, 0.25) is 0 Å². The van der Waals surface area contributed by atoms with Gasteiger partial charge in [0.1, 0.15) is 11.6 Å². The summed E-state index contributed by atoms with van der Waals surface area (Å²) < 4.78 is 4.56. The highest BCUT2D eigenvalue weighted by Gasteiger charge is 2.24. The van der Waals surface area contributed by atoms with E-state index in [2.05, 4.69) is 237 Å². The van der Waals surface area contributed by atoms with Crippen LogP contribution in [0.3, 0.4) is 0 Å². The van der Waals surface area contributed by atoms with Gasteiger partial charge in [0.15, 0.2) is 0 Å². The highest BCUT2D eigenvalue weighted by molar-refractivity contribution is 6.14. The van der Waals surface area contributed by atoms with Crippen LogP contribution >= 0.6 is 0 Å². The summed E-state index contributed by atoms with van der Waals surface area (Å²) in [7, 11) is 0. The summed E-state index contributed by atoms with van der Waals surface area (Å²) in [5.41, 5.74) is 22.3. The van der Waals surface area contributed by atoms with Crippen LogP contribution in [0.4, 0.5) is 0 Å². The van der Waals surface area contributed by atoms with Gasteiger partial charge in [-0.1, -0.05) is 156 Å². The molecule has 12 aromatic rings. The monoisotopic (exact) mass is 894 g/mol. The third-order valence-corrected chi connectivity index (χ3v) is 14.0. The fourth-order valence-electron chi connectivity index (χ4n) is 10.6. The lowest BCUT2D eigenvalue weighted by atomic mass is 9.98. The molecular weight excluding hydrogens is 849 g/mol. The molecule has 4 nitrogen and oxygen atoms in total. The minimum Gasteiger partial charge on any atom is -0.308 e. The number of hydrogen-bond donors (Lipinski definition) is 0. The average molecular weight is 895 g/mol. The maximum absolute atomic E-state index is 11.8. The molecule has 10 aromatic carbocycles. The number of hydrogen-bond acceptors (Lipinski definition) is 2. The molecule has 12 rings (SSSR count). The van der Waals surface area contributed by atoms with Gasteiger partial charge in [0, 0.05) is 21.5 Å². The minimum atomic E-state index is 0.536. The van der Waals surface area contributed by atoms with Gasteiger partial charge in [0.05, 0.1) is 45.1 Å². The molecule has 0 N–H and O–H groups in total. The number of benzene rings is 10. The second-order valence-corrected chi connectivity index (χ2v) is 18.8. The number of nitriles is 2. The number of aromatic nitrogens is 2. The maximum Gasteiger partial charge on any atom is 0.104 e. The predicted octanol–water partition coefficient (Wildman–Crippen LogP) is 17.2. The van der Waals surface area contributed by atoms with Crippen molar-refractivity contribution in [3.05, 3.63) is 240 Å². The molecule has 0 fully saturated rings. The second kappa shape index (κ2) is 16.8. The Hall–Kier alpha value is -9.22. The fraction of sp³-hybridized carbons (Fsp3) is 0.0606. The van der Waals surface area contributed by atoms with Crippen molar-refractivity contribution in [2.45, 2.75) is 27.7 Å². The highest BCUT2D eigenvalue weighted by atomic mass is 15.0. The second-order valence-electron chi connectivity index (χ2n) is 18.8. The lowest BCUT2D eigenvalue weighted by molar-refractivity contribution is 1.12. The molecule has 0 aliphatic carbocycles. The topological polar surface area (TPSA) is 57.4 Å². The van der Waals surface area contributed by atoms with Crippen molar-refractivity contribution in [2.24, 2.45) is 0 Å². The highest BCUT2D eigenvalue weighted by Crippen LogP contribution is 2.43. The molecule has 2 aromatic heterocycles. The zero-order valence-corrected chi connectivity index (χ0v) is 39.4. The van der Waals surface area contributed by atoms with Gasteiger partial charge in [-0.25, -0.2) is 0 Å². The first-order valence-electron chi connectivity index (χ1n) is 23.8. The first-order valence-corrected chi connectivity index (χ1v) is 23.8. The van der Waals surface area contributed by atoms with E-state index in [0.29, 0.717) is 11.1 Å². The molecule has 2 heterocycles. The molecule has 0 saturated carbocycles. The van der Waals surface area contributed by atoms with Crippen LogP contribution < -0.4 is 0 Å². The lowest BCUT2D eigenvalue weighted by Gasteiger charge is -2.19. The van der Waals surface area contributed by atoms with Crippen molar-refractivity contribution in [1.82, 2.24) is 9.13 Å². The minimum absolute atomic E-state index is 0.536. The fourth-order valence-corrected chi connectivity index (χ4v) is 10.6. The third-order valence-electron chi connectivity index (χ3n) is 14.0. The van der Waals surface area contributed by atoms with Gasteiger partial charge in [-0.05, 0) is 156 Å². The molecular formula is C66H46N4. The Morgan fingerprint density at radius 1 is 0.286 bits per heavy atom. The molecule has 70 heavy (non-hydrogen) atoms. The van der Waals surface area contributed by atoms with Crippen LogP contribution in [0.1, 0.15) is 33.4 Å². The quantitative estimate of drug-likeness (QED) is 0.160. The summed E-state index contributed by atoms with van der Waals surface area (Å²) in [6.45, 7) is 8.52. The van der Waals surface area contributed by atoms with Gasteiger partial charge < -0.3 is 9.13 Å². The van der Waals surface area contributed by atoms with Crippen molar-refractivity contribution >= 4 is 43.6 Å². The van der Waals surface area contributed by atoms with Gasteiger partial charge >= 0.3 is 0 Å². The van der Waals surface area contributed by atoms with Crippen molar-refractivity contribution in [2.75, 3.05) is 0 Å². The van der Waals surface area contributed by atoms with E-state index in [1.54, 1.807) is 0 Å². The molecule has 0 spiro atoms. The summed E-state index contributed by atoms with van der Waals surface area (Å²) in [5.74, 6) is 0. The van der Waals surface area contributed by atoms with Crippen molar-refractivity contribution in [1.29, 1.82) is 10.5 Å². The Bertz CT molecular complexity index is 3760. The molecule has 0 atom stereocenters. The summed E-state index contributed by atoms with van der Waals surface area (Å²) in [4.78, 5) is 0. The number of nitrogens with zero attached hydrogens (tertiary/aromatic N) is 4. The van der Waals surface area contributed by atoms with Gasteiger partial charge in [-0.15, -0.1) is 0 Å². The SMILES string of the molecule is Cc1cccc(-c2ccc3c(c2)c2cc(-c4cccc(C)c4)ccc2n3-c2cc(-c3cccc(C#N)c3)cc(-n3c4ccc(-c5cccc(C)c5)cc4c4cc(-c5cccc(C)c5)ccc43)c2C#N)c1. The maximum atomic E-state index is 11.8. The van der Waals surface area contributed by atoms with Crippen LogP contribution in [-0.4, -0.2) is 9.13 Å². The normalized spacial score (nSPS) is 11.4. The Labute approximate surface area is 407 Å². The summed E-state index contributed by atoms with van der Waals surface area (Å²) >= 11 is 0. The average Bonchev–Trinajstić information content (AvgIpc) is 3.89. The van der Waals surface area contributed by atoms with Crippen LogP contribution in [0.2, 0.25) is 0 Å². The van der Waals surface area contributed by atoms with Crippen molar-refractivity contribution in [3.63, 3.8) is 0 Å². The zero-order chi connectivity index (χ0) is 47.6. The molecule has 0 amide bonds. The lowest BCUT2D eigenvalue weighted by Crippen LogP contribution is -2.05. The number of fused-ring (bicyclic) bond motifs is 6. The summed E-state index contributed by atoms with van der Waals surface area (Å²) in [5, 5.41) is 26.3. The van der Waals surface area contributed by atoms with Crippen LogP contribution in [0, 0.1) is 50.4 Å². The Kier molecular flexibility index (Phi) is 10.1. The molecule has 0 bridgehead atoms. The summed E-state index contributed by atoms with van der Waals surface area (Å²) in [6.07, 6.45) is 0. The van der Waals surface area contributed by atoms with Crippen LogP contribution in [-0.2, 0) is 0 Å². The number of rotatable bonds is 7. The molecule has 330 valence electrons. The van der Waals surface area contributed by atoms with E-state index >= 15 is 0 Å². The Morgan fingerprint density at radius 2 is 0.586 bits per heavy atom. The number of aryl methyl sites for hydroxylation is 4. The van der Waals surface area contributed by atoms with Crippen LogP contribution in [0.5, 0.6) is 0 Å². The van der Waals surface area contributed by atoms with E-state index in [9.17, 15) is 10.5 Å². The van der Waals surface area contributed by atoms with Crippen molar-refractivity contribution < 1.29 is 0 Å². The van der Waals surface area contributed by atoms with Crippen LogP contribution in [0.25, 0.3) is 111 Å². The first kappa shape index (κ1) is 42.2. The van der Waals surface area contributed by atoms with E-state index in [1.165, 1.54) is 22.3 Å². The van der Waals surface area contributed by atoms with E-state index < -0.39 is 0 Å². The molecule has 0 aliphatic heterocycles. The Morgan fingerprint density at radius 3 is 0.886 bits per heavy atom. The van der Waals surface area contributed by atoms with Gasteiger partial charge in [0.25, 0.3) is 0 Å². The zero-order valence-electron chi connectivity index (χ0n) is 39.4. The van der Waals surface area contributed by atoms with E-state index in [0.717, 1.165) is 111 Å². The molecule has 4 heteroatoms. The Balaban J connectivity index is 1.18. The van der Waals surface area contributed by atoms with Gasteiger partial charge in [-0.3, -0.25) is 0 Å². The van der Waals surface area contributed by atoms with E-state index in [1.807, 2.05) is 18.2 Å². The van der Waals surface area contributed by atoms with Crippen LogP contribution in [0.15, 0.2) is 206 Å².